The maximum atomic E-state index is 13.4. The fourth-order valence-electron chi connectivity index (χ4n) is 2.81. The van der Waals surface area contributed by atoms with Crippen LogP contribution in [0.3, 0.4) is 0 Å². The lowest BCUT2D eigenvalue weighted by atomic mass is 9.96. The molecule has 0 atom stereocenters. The molecule has 0 saturated carbocycles. The Labute approximate surface area is 111 Å². The SMILES string of the molecule is CCN1CCc2nc3ccc(F)cc3c(CO)c2C1. The summed E-state index contributed by atoms with van der Waals surface area (Å²) in [5, 5.41) is 10.4. The Morgan fingerprint density at radius 1 is 1.42 bits per heavy atom. The third kappa shape index (κ3) is 2.11. The number of hydrogen-bond donors (Lipinski definition) is 1. The molecule has 1 N–H and O–H groups in total. The van der Waals surface area contributed by atoms with E-state index in [0.717, 1.165) is 53.8 Å². The summed E-state index contributed by atoms with van der Waals surface area (Å²) in [5.74, 6) is -0.285. The molecular formula is C15H17FN2O. The van der Waals surface area contributed by atoms with E-state index in [2.05, 4.69) is 16.8 Å². The highest BCUT2D eigenvalue weighted by molar-refractivity contribution is 5.83. The fourth-order valence-corrected chi connectivity index (χ4v) is 2.81. The minimum Gasteiger partial charge on any atom is -0.392 e. The summed E-state index contributed by atoms with van der Waals surface area (Å²) in [6, 6.07) is 4.58. The summed E-state index contributed by atoms with van der Waals surface area (Å²) in [6.45, 7) is 4.82. The van der Waals surface area contributed by atoms with Crippen LogP contribution in [0.15, 0.2) is 18.2 Å². The van der Waals surface area contributed by atoms with Gasteiger partial charge in [0.1, 0.15) is 5.82 Å². The summed E-state index contributed by atoms with van der Waals surface area (Å²) in [4.78, 5) is 6.94. The van der Waals surface area contributed by atoms with Crippen molar-refractivity contribution in [3.05, 3.63) is 40.8 Å². The summed E-state index contributed by atoms with van der Waals surface area (Å²) < 4.78 is 13.4. The van der Waals surface area contributed by atoms with Crippen molar-refractivity contribution in [1.82, 2.24) is 9.88 Å². The Morgan fingerprint density at radius 3 is 3.00 bits per heavy atom. The maximum absolute atomic E-state index is 13.4. The first-order chi connectivity index (χ1) is 9.22. The van der Waals surface area contributed by atoms with Gasteiger partial charge in [0.05, 0.1) is 12.1 Å². The maximum Gasteiger partial charge on any atom is 0.123 e. The molecule has 0 amide bonds. The topological polar surface area (TPSA) is 36.4 Å². The van der Waals surface area contributed by atoms with Gasteiger partial charge in [-0.15, -0.1) is 0 Å². The highest BCUT2D eigenvalue weighted by atomic mass is 19.1. The average Bonchev–Trinajstić information content (AvgIpc) is 2.44. The predicted molar refractivity (Wildman–Crippen MR) is 72.3 cm³/mol. The van der Waals surface area contributed by atoms with Crippen molar-refractivity contribution in [2.24, 2.45) is 0 Å². The minimum absolute atomic E-state index is 0.0671. The zero-order chi connectivity index (χ0) is 13.4. The number of likely N-dealkylation sites (N-methyl/N-ethyl adjacent to an activating group) is 1. The Kier molecular flexibility index (Phi) is 3.21. The lowest BCUT2D eigenvalue weighted by Gasteiger charge is -2.29. The molecule has 0 saturated heterocycles. The number of fused-ring (bicyclic) bond motifs is 2. The van der Waals surface area contributed by atoms with Gasteiger partial charge in [-0.3, -0.25) is 9.88 Å². The van der Waals surface area contributed by atoms with E-state index in [1.807, 2.05) is 0 Å². The molecule has 2 aromatic rings. The molecule has 0 unspecified atom stereocenters. The monoisotopic (exact) mass is 260 g/mol. The molecule has 0 radical (unpaired) electrons. The van der Waals surface area contributed by atoms with E-state index < -0.39 is 0 Å². The zero-order valence-corrected chi connectivity index (χ0v) is 11.0. The average molecular weight is 260 g/mol. The van der Waals surface area contributed by atoms with E-state index in [0.29, 0.717) is 0 Å². The molecule has 3 rings (SSSR count). The van der Waals surface area contributed by atoms with Gasteiger partial charge in [-0.05, 0) is 35.9 Å². The number of rotatable bonds is 2. The second-order valence-corrected chi connectivity index (χ2v) is 4.95. The van der Waals surface area contributed by atoms with Crippen molar-refractivity contribution in [2.75, 3.05) is 13.1 Å². The van der Waals surface area contributed by atoms with Gasteiger partial charge < -0.3 is 5.11 Å². The van der Waals surface area contributed by atoms with Gasteiger partial charge in [-0.1, -0.05) is 6.92 Å². The second-order valence-electron chi connectivity index (χ2n) is 4.95. The molecule has 1 aliphatic rings. The molecule has 0 bridgehead atoms. The van der Waals surface area contributed by atoms with E-state index in [9.17, 15) is 9.50 Å². The highest BCUT2D eigenvalue weighted by Gasteiger charge is 2.21. The quantitative estimate of drug-likeness (QED) is 0.899. The summed E-state index contributed by atoms with van der Waals surface area (Å²) in [5.41, 5.74) is 3.73. The Morgan fingerprint density at radius 2 is 2.26 bits per heavy atom. The normalized spacial score (nSPS) is 15.7. The second kappa shape index (κ2) is 4.87. The van der Waals surface area contributed by atoms with Gasteiger partial charge in [-0.25, -0.2) is 4.39 Å². The summed E-state index contributed by atoms with van der Waals surface area (Å²) in [6.07, 6.45) is 0.892. The number of hydrogen-bond acceptors (Lipinski definition) is 3. The van der Waals surface area contributed by atoms with Gasteiger partial charge in [0, 0.05) is 30.6 Å². The Bertz CT molecular complexity index is 627. The van der Waals surface area contributed by atoms with E-state index in [1.54, 1.807) is 6.07 Å². The number of pyridine rings is 1. The molecule has 1 aliphatic heterocycles. The van der Waals surface area contributed by atoms with Crippen LogP contribution < -0.4 is 0 Å². The predicted octanol–water partition coefficient (Wildman–Crippen LogP) is 2.24. The third-order valence-electron chi connectivity index (χ3n) is 3.90. The standard InChI is InChI=1S/C15H17FN2O/c1-2-18-6-5-15-12(8-18)13(9-19)11-7-10(16)3-4-14(11)17-15/h3-4,7,19H,2,5-6,8-9H2,1H3. The van der Waals surface area contributed by atoms with Gasteiger partial charge >= 0.3 is 0 Å². The van der Waals surface area contributed by atoms with Crippen LogP contribution in [0.5, 0.6) is 0 Å². The van der Waals surface area contributed by atoms with Crippen molar-refractivity contribution in [3.8, 4) is 0 Å². The fraction of sp³-hybridized carbons (Fsp3) is 0.400. The molecule has 1 aromatic carbocycles. The Balaban J connectivity index is 2.23. The van der Waals surface area contributed by atoms with Crippen LogP contribution in [0.25, 0.3) is 10.9 Å². The van der Waals surface area contributed by atoms with Crippen LogP contribution in [-0.2, 0) is 19.6 Å². The van der Waals surface area contributed by atoms with Crippen LogP contribution in [-0.4, -0.2) is 28.1 Å². The number of aromatic nitrogens is 1. The molecule has 1 aromatic heterocycles. The molecule has 100 valence electrons. The molecule has 4 heteroatoms. The molecule has 19 heavy (non-hydrogen) atoms. The number of aliphatic hydroxyl groups excluding tert-OH is 1. The number of nitrogens with zero attached hydrogens (tertiary/aromatic N) is 2. The van der Waals surface area contributed by atoms with Crippen molar-refractivity contribution >= 4 is 10.9 Å². The van der Waals surface area contributed by atoms with Crippen LogP contribution in [0.2, 0.25) is 0 Å². The zero-order valence-electron chi connectivity index (χ0n) is 11.0. The summed E-state index contributed by atoms with van der Waals surface area (Å²) >= 11 is 0. The van der Waals surface area contributed by atoms with Crippen LogP contribution in [0.1, 0.15) is 23.7 Å². The van der Waals surface area contributed by atoms with Gasteiger partial charge in [0.2, 0.25) is 0 Å². The van der Waals surface area contributed by atoms with E-state index in [1.165, 1.54) is 12.1 Å². The van der Waals surface area contributed by atoms with Crippen molar-refractivity contribution in [1.29, 1.82) is 0 Å². The van der Waals surface area contributed by atoms with E-state index in [4.69, 9.17) is 0 Å². The highest BCUT2D eigenvalue weighted by Crippen LogP contribution is 2.28. The van der Waals surface area contributed by atoms with Crippen LogP contribution in [0, 0.1) is 5.82 Å². The van der Waals surface area contributed by atoms with Crippen molar-refractivity contribution < 1.29 is 9.50 Å². The molecule has 0 spiro atoms. The molecule has 2 heterocycles. The van der Waals surface area contributed by atoms with Crippen LogP contribution in [0.4, 0.5) is 4.39 Å². The van der Waals surface area contributed by atoms with Gasteiger partial charge in [-0.2, -0.15) is 0 Å². The molecular weight excluding hydrogens is 243 g/mol. The van der Waals surface area contributed by atoms with Gasteiger partial charge in [0.15, 0.2) is 0 Å². The third-order valence-corrected chi connectivity index (χ3v) is 3.90. The first-order valence-electron chi connectivity index (χ1n) is 6.66. The lowest BCUT2D eigenvalue weighted by molar-refractivity contribution is 0.252. The van der Waals surface area contributed by atoms with Crippen molar-refractivity contribution in [2.45, 2.75) is 26.5 Å². The largest absolute Gasteiger partial charge is 0.392 e. The first-order valence-corrected chi connectivity index (χ1v) is 6.66. The number of benzene rings is 1. The van der Waals surface area contributed by atoms with Crippen molar-refractivity contribution in [3.63, 3.8) is 0 Å². The minimum atomic E-state index is -0.285. The Hall–Kier alpha value is -1.52. The van der Waals surface area contributed by atoms with E-state index >= 15 is 0 Å². The molecule has 0 aliphatic carbocycles. The first kappa shape index (κ1) is 12.5. The molecule has 0 fully saturated rings. The van der Waals surface area contributed by atoms with Crippen LogP contribution >= 0.6 is 0 Å². The smallest absolute Gasteiger partial charge is 0.123 e. The number of aliphatic hydroxyl groups is 1. The molecule has 3 nitrogen and oxygen atoms in total. The number of halogens is 1. The lowest BCUT2D eigenvalue weighted by Crippen LogP contribution is -2.31. The van der Waals surface area contributed by atoms with Gasteiger partial charge in [0.25, 0.3) is 0 Å². The summed E-state index contributed by atoms with van der Waals surface area (Å²) in [7, 11) is 0. The van der Waals surface area contributed by atoms with E-state index in [-0.39, 0.29) is 12.4 Å².